The van der Waals surface area contributed by atoms with Crippen LogP contribution in [0.4, 0.5) is 0 Å². The Balaban J connectivity index is 1.77. The molecular formula is C16H28N2O3. The number of amides is 1. The largest absolute Gasteiger partial charge is 0.481 e. The second-order valence-corrected chi connectivity index (χ2v) is 6.46. The van der Waals surface area contributed by atoms with Crippen LogP contribution in [0, 0.1) is 17.8 Å². The number of carboxylic acids is 1. The molecule has 0 radical (unpaired) electrons. The van der Waals surface area contributed by atoms with Gasteiger partial charge in [-0.25, -0.2) is 0 Å². The molecule has 0 aromatic heterocycles. The van der Waals surface area contributed by atoms with E-state index in [0.29, 0.717) is 18.9 Å². The first kappa shape index (κ1) is 16.3. The van der Waals surface area contributed by atoms with E-state index in [9.17, 15) is 14.7 Å². The van der Waals surface area contributed by atoms with E-state index in [1.165, 1.54) is 0 Å². The van der Waals surface area contributed by atoms with Crippen LogP contribution in [0.1, 0.15) is 45.4 Å². The van der Waals surface area contributed by atoms with Crippen LogP contribution in [0.15, 0.2) is 0 Å². The topological polar surface area (TPSA) is 69.6 Å². The Morgan fingerprint density at radius 1 is 1.10 bits per heavy atom. The number of likely N-dealkylation sites (tertiary alicyclic amines) is 1. The molecule has 0 bridgehead atoms. The Morgan fingerprint density at radius 3 is 2.29 bits per heavy atom. The number of nitrogens with zero attached hydrogens (tertiary/aromatic N) is 1. The van der Waals surface area contributed by atoms with Gasteiger partial charge in [0.1, 0.15) is 0 Å². The van der Waals surface area contributed by atoms with Crippen molar-refractivity contribution in [3.63, 3.8) is 0 Å². The molecule has 5 nitrogen and oxygen atoms in total. The summed E-state index contributed by atoms with van der Waals surface area (Å²) in [4.78, 5) is 26.0. The van der Waals surface area contributed by atoms with Gasteiger partial charge in [-0.3, -0.25) is 9.59 Å². The van der Waals surface area contributed by atoms with Gasteiger partial charge in [0.05, 0.1) is 11.8 Å². The Labute approximate surface area is 127 Å². The molecular weight excluding hydrogens is 268 g/mol. The Kier molecular flexibility index (Phi) is 6.03. The molecule has 1 saturated heterocycles. The lowest BCUT2D eigenvalue weighted by Crippen LogP contribution is -2.43. The maximum absolute atomic E-state index is 12.3. The van der Waals surface area contributed by atoms with E-state index in [4.69, 9.17) is 0 Å². The van der Waals surface area contributed by atoms with Crippen molar-refractivity contribution in [2.75, 3.05) is 26.2 Å². The highest BCUT2D eigenvalue weighted by molar-refractivity contribution is 5.84. The second-order valence-electron chi connectivity index (χ2n) is 6.46. The zero-order chi connectivity index (χ0) is 15.2. The molecule has 21 heavy (non-hydrogen) atoms. The first-order chi connectivity index (χ1) is 10.1. The van der Waals surface area contributed by atoms with Crippen molar-refractivity contribution in [2.45, 2.75) is 45.4 Å². The lowest BCUT2D eigenvalue weighted by Gasteiger charge is -2.32. The minimum absolute atomic E-state index is 0.0416. The number of rotatable bonds is 5. The van der Waals surface area contributed by atoms with Gasteiger partial charge in [0.15, 0.2) is 0 Å². The highest BCUT2D eigenvalue weighted by Crippen LogP contribution is 2.30. The van der Waals surface area contributed by atoms with Crippen LogP contribution in [0.2, 0.25) is 0 Å². The Bertz CT molecular complexity index is 365. The molecule has 1 saturated carbocycles. The average molecular weight is 296 g/mol. The van der Waals surface area contributed by atoms with E-state index in [1.807, 2.05) is 0 Å². The third kappa shape index (κ3) is 4.43. The number of hydrogen-bond acceptors (Lipinski definition) is 3. The number of piperidine rings is 1. The van der Waals surface area contributed by atoms with Gasteiger partial charge in [0, 0.05) is 6.54 Å². The molecule has 0 aromatic rings. The number of hydrogen-bond donors (Lipinski definition) is 2. The lowest BCUT2D eigenvalue weighted by atomic mass is 9.78. The highest BCUT2D eigenvalue weighted by Gasteiger charge is 2.35. The summed E-state index contributed by atoms with van der Waals surface area (Å²) >= 11 is 0. The minimum atomic E-state index is -0.814. The first-order valence-corrected chi connectivity index (χ1v) is 8.34. The zero-order valence-electron chi connectivity index (χ0n) is 13.0. The highest BCUT2D eigenvalue weighted by atomic mass is 16.4. The summed E-state index contributed by atoms with van der Waals surface area (Å²) in [6.45, 7) is 6.20. The van der Waals surface area contributed by atoms with Crippen molar-refractivity contribution in [1.29, 1.82) is 0 Å². The van der Waals surface area contributed by atoms with Crippen LogP contribution in [0.3, 0.4) is 0 Å². The van der Waals surface area contributed by atoms with Crippen molar-refractivity contribution >= 4 is 11.9 Å². The molecule has 1 aliphatic carbocycles. The zero-order valence-corrected chi connectivity index (χ0v) is 13.0. The van der Waals surface area contributed by atoms with E-state index in [1.54, 1.807) is 0 Å². The van der Waals surface area contributed by atoms with E-state index in [2.05, 4.69) is 17.1 Å². The number of carboxylic acid groups (broad SMARTS) is 1. The smallest absolute Gasteiger partial charge is 0.307 e. The van der Waals surface area contributed by atoms with Gasteiger partial charge in [-0.2, -0.15) is 0 Å². The summed E-state index contributed by atoms with van der Waals surface area (Å²) < 4.78 is 0. The summed E-state index contributed by atoms with van der Waals surface area (Å²) in [5.41, 5.74) is 0. The Hall–Kier alpha value is -1.10. The normalized spacial score (nSPS) is 28.2. The monoisotopic (exact) mass is 296 g/mol. The molecule has 0 spiro atoms. The van der Waals surface area contributed by atoms with Crippen molar-refractivity contribution in [2.24, 2.45) is 17.8 Å². The molecule has 1 amide bonds. The predicted molar refractivity (Wildman–Crippen MR) is 80.9 cm³/mol. The fraction of sp³-hybridized carbons (Fsp3) is 0.875. The van der Waals surface area contributed by atoms with Gasteiger partial charge in [-0.1, -0.05) is 19.8 Å². The van der Waals surface area contributed by atoms with Crippen molar-refractivity contribution in [1.82, 2.24) is 10.2 Å². The standard InChI is InChI=1S/C16H28N2O3/c1-2-18-9-7-12(8-10-18)11-17-15(19)13-5-3-4-6-14(13)16(20)21/h12-14H,2-11H2,1H3,(H,17,19)(H,20,21)/t13-,14+/m1/s1. The van der Waals surface area contributed by atoms with Gasteiger partial charge in [-0.05, 0) is 51.2 Å². The average Bonchev–Trinajstić information content (AvgIpc) is 2.53. The lowest BCUT2D eigenvalue weighted by molar-refractivity contribution is -0.149. The van der Waals surface area contributed by atoms with Crippen molar-refractivity contribution in [3.05, 3.63) is 0 Å². The molecule has 0 unspecified atom stereocenters. The molecule has 2 N–H and O–H groups in total. The molecule has 0 aromatic carbocycles. The van der Waals surface area contributed by atoms with Gasteiger partial charge in [-0.15, -0.1) is 0 Å². The number of carbonyl (C=O) groups is 2. The van der Waals surface area contributed by atoms with Gasteiger partial charge < -0.3 is 15.3 Å². The molecule has 2 rings (SSSR count). The molecule has 1 heterocycles. The van der Waals surface area contributed by atoms with Crippen LogP contribution < -0.4 is 5.32 Å². The number of nitrogens with one attached hydrogen (secondary N) is 1. The summed E-state index contributed by atoms with van der Waals surface area (Å²) in [5.74, 6) is -1.12. The van der Waals surface area contributed by atoms with Gasteiger partial charge in [0.25, 0.3) is 0 Å². The van der Waals surface area contributed by atoms with Gasteiger partial charge in [0.2, 0.25) is 5.91 Å². The SMILES string of the molecule is CCN1CCC(CNC(=O)[C@@H]2CCCC[C@@H]2C(=O)O)CC1. The van der Waals surface area contributed by atoms with E-state index in [-0.39, 0.29) is 11.8 Å². The summed E-state index contributed by atoms with van der Waals surface area (Å²) in [6.07, 6.45) is 5.51. The van der Waals surface area contributed by atoms with Gasteiger partial charge >= 0.3 is 5.97 Å². The maximum Gasteiger partial charge on any atom is 0.307 e. The van der Waals surface area contributed by atoms with Crippen LogP contribution in [-0.4, -0.2) is 48.1 Å². The van der Waals surface area contributed by atoms with Crippen LogP contribution in [0.5, 0.6) is 0 Å². The van der Waals surface area contributed by atoms with E-state index >= 15 is 0 Å². The fourth-order valence-electron chi connectivity index (χ4n) is 3.62. The van der Waals surface area contributed by atoms with Crippen LogP contribution in [0.25, 0.3) is 0 Å². The molecule has 2 fully saturated rings. The summed E-state index contributed by atoms with van der Waals surface area (Å²) in [6, 6.07) is 0. The number of aliphatic carboxylic acids is 1. The van der Waals surface area contributed by atoms with E-state index in [0.717, 1.165) is 51.7 Å². The van der Waals surface area contributed by atoms with E-state index < -0.39 is 11.9 Å². The molecule has 120 valence electrons. The third-order valence-corrected chi connectivity index (χ3v) is 5.14. The molecule has 2 atom stereocenters. The maximum atomic E-state index is 12.3. The Morgan fingerprint density at radius 2 is 1.71 bits per heavy atom. The van der Waals surface area contributed by atoms with Crippen LogP contribution >= 0.6 is 0 Å². The van der Waals surface area contributed by atoms with Crippen molar-refractivity contribution < 1.29 is 14.7 Å². The first-order valence-electron chi connectivity index (χ1n) is 8.34. The second kappa shape index (κ2) is 7.78. The molecule has 1 aliphatic heterocycles. The quantitative estimate of drug-likeness (QED) is 0.810. The predicted octanol–water partition coefficient (Wildman–Crippen LogP) is 1.73. The third-order valence-electron chi connectivity index (χ3n) is 5.14. The fourth-order valence-corrected chi connectivity index (χ4v) is 3.62. The van der Waals surface area contributed by atoms with Crippen molar-refractivity contribution in [3.8, 4) is 0 Å². The summed E-state index contributed by atoms with van der Waals surface area (Å²) in [7, 11) is 0. The minimum Gasteiger partial charge on any atom is -0.481 e. The molecule has 2 aliphatic rings. The molecule has 5 heteroatoms. The number of carbonyl (C=O) groups excluding carboxylic acids is 1. The summed E-state index contributed by atoms with van der Waals surface area (Å²) in [5, 5.41) is 12.3. The van der Waals surface area contributed by atoms with Crippen LogP contribution in [-0.2, 0) is 9.59 Å².